The lowest BCUT2D eigenvalue weighted by atomic mass is 9.83. The zero-order valence-corrected chi connectivity index (χ0v) is 14.6. The van der Waals surface area contributed by atoms with Crippen molar-refractivity contribution in [2.24, 2.45) is 5.92 Å². The Morgan fingerprint density at radius 3 is 1.94 bits per heavy atom. The van der Waals surface area contributed by atoms with Gasteiger partial charge in [-0.25, -0.2) is 0 Å². The molecule has 0 bridgehead atoms. The summed E-state index contributed by atoms with van der Waals surface area (Å²) in [5, 5.41) is 1.46. The Morgan fingerprint density at radius 2 is 1.44 bits per heavy atom. The van der Waals surface area contributed by atoms with Gasteiger partial charge in [0.1, 0.15) is 0 Å². The zero-order chi connectivity index (χ0) is 13.6. The predicted octanol–water partition coefficient (Wildman–Crippen LogP) is 4.18. The Hall–Kier alpha value is 0.0800. The van der Waals surface area contributed by atoms with Crippen LogP contribution in [-0.4, -0.2) is 5.66 Å². The largest absolute Gasteiger partial charge is 0.134 e. The zero-order valence-electron chi connectivity index (χ0n) is 12.3. The molecule has 0 spiro atoms. The number of benzene rings is 1. The lowest BCUT2D eigenvalue weighted by molar-refractivity contribution is 0.536. The van der Waals surface area contributed by atoms with Gasteiger partial charge in [0.15, 0.2) is 0 Å². The highest BCUT2D eigenvalue weighted by molar-refractivity contribution is 7.27. The van der Waals surface area contributed by atoms with Gasteiger partial charge in [-0.3, -0.25) is 0 Å². The van der Waals surface area contributed by atoms with E-state index in [1.54, 1.807) is 5.56 Å². The fraction of sp³-hybridized carbons (Fsp3) is 0.625. The molecular weight excluding hydrogens is 254 g/mol. The van der Waals surface area contributed by atoms with Crippen LogP contribution in [-0.2, 0) is 0 Å². The molecule has 0 N–H and O–H groups in total. The van der Waals surface area contributed by atoms with Gasteiger partial charge in [-0.1, -0.05) is 6.92 Å². The van der Waals surface area contributed by atoms with Crippen LogP contribution in [0.5, 0.6) is 0 Å². The van der Waals surface area contributed by atoms with Gasteiger partial charge in [0, 0.05) is 0 Å². The first-order valence-electron chi connectivity index (χ1n) is 6.97. The van der Waals surface area contributed by atoms with E-state index >= 15 is 0 Å². The molecule has 2 rings (SSSR count). The van der Waals surface area contributed by atoms with Crippen LogP contribution in [0.1, 0.15) is 53.5 Å². The van der Waals surface area contributed by atoms with E-state index in [1.165, 1.54) is 40.4 Å². The molecule has 1 aromatic carbocycles. The van der Waals surface area contributed by atoms with E-state index in [1.807, 2.05) is 0 Å². The van der Waals surface area contributed by atoms with Crippen LogP contribution in [0.2, 0.25) is 0 Å². The molecule has 0 aliphatic heterocycles. The second-order valence-corrected chi connectivity index (χ2v) is 7.51. The molecule has 0 nitrogen and oxygen atoms in total. The summed E-state index contributed by atoms with van der Waals surface area (Å²) in [6.07, 6.45) is 2.72. The SMILES string of the molecule is Cc1c(C)c(C)c(C2C(C)CCC2P)c(P)c1C. The minimum Gasteiger partial charge on any atom is -0.134 e. The molecule has 1 aliphatic rings. The van der Waals surface area contributed by atoms with Crippen molar-refractivity contribution in [3.05, 3.63) is 27.8 Å². The lowest BCUT2D eigenvalue weighted by Gasteiger charge is -2.28. The van der Waals surface area contributed by atoms with Gasteiger partial charge in [0.25, 0.3) is 0 Å². The molecule has 1 fully saturated rings. The molecular formula is C16H26P2. The van der Waals surface area contributed by atoms with Gasteiger partial charge in [0.05, 0.1) is 0 Å². The number of hydrogen-bond acceptors (Lipinski definition) is 0. The predicted molar refractivity (Wildman–Crippen MR) is 89.4 cm³/mol. The second kappa shape index (κ2) is 5.22. The van der Waals surface area contributed by atoms with Crippen molar-refractivity contribution < 1.29 is 0 Å². The standard InChI is InChI=1S/C16H26P2/c1-8-6-7-13(17)14(8)15-11(4)9(2)10(3)12(5)16(15)18/h8,13-14H,6-7,17-18H2,1-5H3. The van der Waals surface area contributed by atoms with E-state index in [-0.39, 0.29) is 0 Å². The molecule has 0 saturated heterocycles. The topological polar surface area (TPSA) is 0 Å². The van der Waals surface area contributed by atoms with Crippen molar-refractivity contribution in [3.8, 4) is 0 Å². The Morgan fingerprint density at radius 1 is 0.889 bits per heavy atom. The first-order valence-corrected chi connectivity index (χ1v) is 8.22. The lowest BCUT2D eigenvalue weighted by Crippen LogP contribution is -2.22. The van der Waals surface area contributed by atoms with Gasteiger partial charge in [0.2, 0.25) is 0 Å². The summed E-state index contributed by atoms with van der Waals surface area (Å²) in [4.78, 5) is 0. The van der Waals surface area contributed by atoms with Crippen LogP contribution in [0, 0.1) is 33.6 Å². The monoisotopic (exact) mass is 280 g/mol. The minimum absolute atomic E-state index is 0.723. The molecule has 2 heteroatoms. The highest BCUT2D eigenvalue weighted by Gasteiger charge is 2.34. The van der Waals surface area contributed by atoms with Crippen LogP contribution < -0.4 is 5.30 Å². The summed E-state index contributed by atoms with van der Waals surface area (Å²) in [7, 11) is 6.10. The van der Waals surface area contributed by atoms with E-state index in [0.29, 0.717) is 0 Å². The van der Waals surface area contributed by atoms with E-state index in [9.17, 15) is 0 Å². The molecule has 1 saturated carbocycles. The Balaban J connectivity index is 2.64. The summed E-state index contributed by atoms with van der Waals surface area (Å²) in [5.74, 6) is 1.53. The van der Waals surface area contributed by atoms with Gasteiger partial charge < -0.3 is 0 Å². The van der Waals surface area contributed by atoms with Crippen molar-refractivity contribution in [3.63, 3.8) is 0 Å². The summed E-state index contributed by atoms with van der Waals surface area (Å²) in [6.45, 7) is 11.5. The minimum atomic E-state index is 0.723. The third-order valence-corrected chi connectivity index (χ3v) is 6.64. The molecule has 5 atom stereocenters. The van der Waals surface area contributed by atoms with E-state index in [0.717, 1.165) is 17.5 Å². The van der Waals surface area contributed by atoms with Crippen molar-refractivity contribution in [2.75, 3.05) is 0 Å². The molecule has 1 aromatic rings. The molecule has 5 unspecified atom stereocenters. The average Bonchev–Trinajstić information content (AvgIpc) is 2.66. The van der Waals surface area contributed by atoms with Crippen molar-refractivity contribution in [2.45, 2.75) is 59.0 Å². The molecule has 1 aliphatic carbocycles. The van der Waals surface area contributed by atoms with Crippen LogP contribution in [0.4, 0.5) is 0 Å². The van der Waals surface area contributed by atoms with E-state index in [4.69, 9.17) is 0 Å². The summed E-state index contributed by atoms with van der Waals surface area (Å²) >= 11 is 0. The molecule has 18 heavy (non-hydrogen) atoms. The first kappa shape index (κ1) is 14.5. The molecule has 0 amide bonds. The Labute approximate surface area is 117 Å². The van der Waals surface area contributed by atoms with Crippen LogP contribution >= 0.6 is 18.5 Å². The van der Waals surface area contributed by atoms with Crippen LogP contribution in [0.15, 0.2) is 0 Å². The average molecular weight is 280 g/mol. The Kier molecular flexibility index (Phi) is 4.20. The molecule has 100 valence electrons. The van der Waals surface area contributed by atoms with Gasteiger partial charge in [-0.15, -0.1) is 18.5 Å². The van der Waals surface area contributed by atoms with E-state index in [2.05, 4.69) is 53.1 Å². The van der Waals surface area contributed by atoms with Gasteiger partial charge >= 0.3 is 0 Å². The van der Waals surface area contributed by atoms with E-state index < -0.39 is 0 Å². The number of rotatable bonds is 1. The summed E-state index contributed by atoms with van der Waals surface area (Å²) < 4.78 is 0. The fourth-order valence-corrected chi connectivity index (χ4v) is 4.92. The van der Waals surface area contributed by atoms with Crippen LogP contribution in [0.3, 0.4) is 0 Å². The highest BCUT2D eigenvalue weighted by atomic mass is 31.0. The summed E-state index contributed by atoms with van der Waals surface area (Å²) in [5.41, 5.74) is 8.31. The fourth-order valence-electron chi connectivity index (χ4n) is 3.54. The normalized spacial score (nSPS) is 27.8. The Bertz CT molecular complexity index is 437. The van der Waals surface area contributed by atoms with Gasteiger partial charge in [-0.2, -0.15) is 0 Å². The smallest absolute Gasteiger partial charge is 0.00643 e. The van der Waals surface area contributed by atoms with Crippen molar-refractivity contribution >= 4 is 23.8 Å². The van der Waals surface area contributed by atoms with Crippen molar-refractivity contribution in [1.29, 1.82) is 0 Å². The highest BCUT2D eigenvalue weighted by Crippen LogP contribution is 2.45. The molecule has 0 heterocycles. The third-order valence-electron chi connectivity index (χ3n) is 5.15. The first-order chi connectivity index (χ1) is 8.36. The number of hydrogen-bond donors (Lipinski definition) is 0. The quantitative estimate of drug-likeness (QED) is 0.677. The summed E-state index contributed by atoms with van der Waals surface area (Å²) in [6, 6.07) is 0. The maximum Gasteiger partial charge on any atom is -0.00643 e. The maximum atomic E-state index is 3.09. The van der Waals surface area contributed by atoms with Crippen molar-refractivity contribution in [1.82, 2.24) is 0 Å². The molecule has 0 radical (unpaired) electrons. The molecule has 0 aromatic heterocycles. The maximum absolute atomic E-state index is 3.09. The third kappa shape index (κ3) is 2.17. The second-order valence-electron chi connectivity index (χ2n) is 6.07. The van der Waals surface area contributed by atoms with Gasteiger partial charge in [-0.05, 0) is 91.2 Å². The van der Waals surface area contributed by atoms with Crippen LogP contribution in [0.25, 0.3) is 0 Å².